The maximum Gasteiger partial charge on any atom is 0.471 e. The summed E-state index contributed by atoms with van der Waals surface area (Å²) in [7, 11) is 0. The number of non-ortho nitro benzene ring substituents is 1. The van der Waals surface area contributed by atoms with Crippen molar-refractivity contribution in [3.8, 4) is 5.88 Å². The van der Waals surface area contributed by atoms with Gasteiger partial charge in [0, 0.05) is 43.2 Å². The summed E-state index contributed by atoms with van der Waals surface area (Å²) in [6.07, 6.45) is -5.31. The maximum atomic E-state index is 12.9. The molecule has 3 aromatic rings. The summed E-state index contributed by atoms with van der Waals surface area (Å²) in [5.41, 5.74) is 1.53. The van der Waals surface area contributed by atoms with Crippen molar-refractivity contribution in [3.63, 3.8) is 0 Å². The fourth-order valence-corrected chi connectivity index (χ4v) is 5.30. The zero-order valence-corrected chi connectivity index (χ0v) is 21.7. The highest BCUT2D eigenvalue weighted by Gasteiger charge is 2.43. The molecule has 0 radical (unpaired) electrons. The lowest BCUT2D eigenvalue weighted by Crippen LogP contribution is -2.45. The second-order valence-corrected chi connectivity index (χ2v) is 9.84. The van der Waals surface area contributed by atoms with Gasteiger partial charge in [0.1, 0.15) is 6.61 Å². The predicted octanol–water partition coefficient (Wildman–Crippen LogP) is 4.42. The van der Waals surface area contributed by atoms with E-state index >= 15 is 0 Å². The molecule has 1 aromatic heterocycles. The Kier molecular flexibility index (Phi) is 7.56. The molecule has 0 atom stereocenters. The first-order valence-corrected chi connectivity index (χ1v) is 12.9. The van der Waals surface area contributed by atoms with Crippen LogP contribution in [0, 0.1) is 10.1 Å². The number of hydrogen-bond acceptors (Lipinski definition) is 7. The van der Waals surface area contributed by atoms with Crippen LogP contribution in [0.15, 0.2) is 53.5 Å². The lowest BCUT2D eigenvalue weighted by Gasteiger charge is -2.33. The first-order valence-electron chi connectivity index (χ1n) is 12.9. The third-order valence-corrected chi connectivity index (χ3v) is 7.30. The molecule has 216 valence electrons. The van der Waals surface area contributed by atoms with Gasteiger partial charge in [-0.25, -0.2) is 4.79 Å². The van der Waals surface area contributed by atoms with Gasteiger partial charge < -0.3 is 24.2 Å². The summed E-state index contributed by atoms with van der Waals surface area (Å²) >= 11 is 0. The van der Waals surface area contributed by atoms with Crippen LogP contribution in [0.3, 0.4) is 0 Å². The number of nitrogens with zero attached hydrogens (tertiary/aromatic N) is 5. The highest BCUT2D eigenvalue weighted by atomic mass is 19.4. The Labute approximate surface area is 231 Å². The Morgan fingerprint density at radius 2 is 1.78 bits per heavy atom. The summed E-state index contributed by atoms with van der Waals surface area (Å²) in [5.74, 6) is -2.18. The van der Waals surface area contributed by atoms with Gasteiger partial charge in [-0.1, -0.05) is 30.3 Å². The maximum absolute atomic E-state index is 12.9. The van der Waals surface area contributed by atoms with E-state index < -0.39 is 29.1 Å². The number of rotatable bonds is 5. The van der Waals surface area contributed by atoms with Gasteiger partial charge in [0.15, 0.2) is 0 Å². The fraction of sp³-hybridized carbons (Fsp3) is 0.370. The zero-order valence-electron chi connectivity index (χ0n) is 21.7. The van der Waals surface area contributed by atoms with Gasteiger partial charge in [0.25, 0.3) is 5.69 Å². The monoisotopic (exact) mass is 573 g/mol. The van der Waals surface area contributed by atoms with E-state index in [1.807, 2.05) is 30.3 Å². The van der Waals surface area contributed by atoms with Crippen molar-refractivity contribution in [1.82, 2.24) is 14.4 Å². The molecule has 1 N–H and O–H groups in total. The second-order valence-electron chi connectivity index (χ2n) is 9.84. The topological polar surface area (TPSA) is 131 Å². The van der Waals surface area contributed by atoms with E-state index in [-0.39, 0.29) is 69.3 Å². The molecule has 3 heterocycles. The lowest BCUT2D eigenvalue weighted by atomic mass is 10.0. The molecule has 41 heavy (non-hydrogen) atoms. The molecule has 11 nitrogen and oxygen atoms in total. The number of aromatic nitrogens is 1. The minimum Gasteiger partial charge on any atom is -0.494 e. The largest absolute Gasteiger partial charge is 0.494 e. The summed E-state index contributed by atoms with van der Waals surface area (Å²) in [6, 6.07) is 12.7. The Morgan fingerprint density at radius 3 is 2.44 bits per heavy atom. The summed E-state index contributed by atoms with van der Waals surface area (Å²) in [5, 5.41) is 23.3. The van der Waals surface area contributed by atoms with E-state index in [1.54, 1.807) is 0 Å². The van der Waals surface area contributed by atoms with E-state index in [4.69, 9.17) is 4.74 Å². The lowest BCUT2D eigenvalue weighted by molar-refractivity contribution is -0.384. The van der Waals surface area contributed by atoms with Crippen molar-refractivity contribution in [2.24, 2.45) is 4.99 Å². The molecule has 0 aliphatic carbocycles. The number of aliphatic imine (C=N–C) groups is 1. The normalized spacial score (nSPS) is 16.5. The van der Waals surface area contributed by atoms with Crippen LogP contribution < -0.4 is 0 Å². The molecular weight excluding hydrogens is 547 g/mol. The highest BCUT2D eigenvalue weighted by molar-refractivity contribution is 6.15. The van der Waals surface area contributed by atoms with Crippen molar-refractivity contribution >= 4 is 34.3 Å². The van der Waals surface area contributed by atoms with E-state index in [2.05, 4.69) is 4.99 Å². The molecule has 2 aromatic carbocycles. The van der Waals surface area contributed by atoms with Crippen molar-refractivity contribution in [1.29, 1.82) is 0 Å². The van der Waals surface area contributed by atoms with Crippen LogP contribution in [0.1, 0.15) is 30.0 Å². The molecule has 2 amide bonds. The molecule has 2 aliphatic rings. The summed E-state index contributed by atoms with van der Waals surface area (Å²) in [4.78, 5) is 42.1. The number of benzene rings is 2. The van der Waals surface area contributed by atoms with E-state index in [0.717, 1.165) is 10.5 Å². The number of ether oxygens (including phenoxy) is 1. The third kappa shape index (κ3) is 5.67. The predicted molar refractivity (Wildman–Crippen MR) is 141 cm³/mol. The average molecular weight is 574 g/mol. The van der Waals surface area contributed by atoms with E-state index in [1.165, 1.54) is 27.7 Å². The number of nitro groups is 1. The Morgan fingerprint density at radius 1 is 1.07 bits per heavy atom. The molecule has 0 unspecified atom stereocenters. The average Bonchev–Trinajstić information content (AvgIpc) is 3.26. The molecule has 0 saturated carbocycles. The van der Waals surface area contributed by atoms with Crippen molar-refractivity contribution < 1.29 is 37.5 Å². The van der Waals surface area contributed by atoms with Crippen LogP contribution >= 0.6 is 0 Å². The number of aromatic hydroxyl groups is 1. The minimum atomic E-state index is -4.98. The minimum absolute atomic E-state index is 0.0263. The number of amides is 2. The fourth-order valence-electron chi connectivity index (χ4n) is 5.30. The summed E-state index contributed by atoms with van der Waals surface area (Å²) in [6.45, 7) is 0.159. The molecule has 0 spiro atoms. The Bertz CT molecular complexity index is 1510. The number of piperidine rings is 1. The van der Waals surface area contributed by atoms with Crippen LogP contribution in [-0.2, 0) is 16.1 Å². The van der Waals surface area contributed by atoms with Crippen LogP contribution in [-0.4, -0.2) is 81.0 Å². The first-order chi connectivity index (χ1) is 19.5. The third-order valence-electron chi connectivity index (χ3n) is 7.30. The van der Waals surface area contributed by atoms with E-state index in [0.29, 0.717) is 16.6 Å². The number of fused-ring (bicyclic) bond motifs is 1. The van der Waals surface area contributed by atoms with Crippen LogP contribution in [0.5, 0.6) is 5.88 Å². The highest BCUT2D eigenvalue weighted by Crippen LogP contribution is 2.40. The molecule has 14 heteroatoms. The molecule has 5 rings (SSSR count). The molecule has 2 aliphatic heterocycles. The van der Waals surface area contributed by atoms with Crippen molar-refractivity contribution in [2.45, 2.75) is 31.7 Å². The standard InChI is InChI=1S/C27H26F3N5O6/c28-27(29,30)25(37)32-11-8-18(9-12-32)34-22-7-6-19(35(39)40)14-20(22)23(24(34)36)21-15-33(13-10-31-21)26(38)41-16-17-4-2-1-3-5-17/h1-7,14,18,36H,8-13,15-16H2. The van der Waals surface area contributed by atoms with Gasteiger partial charge in [0.2, 0.25) is 5.88 Å². The second kappa shape index (κ2) is 11.1. The van der Waals surface area contributed by atoms with Gasteiger partial charge in [-0.2, -0.15) is 13.2 Å². The zero-order chi connectivity index (χ0) is 29.3. The molecule has 1 saturated heterocycles. The van der Waals surface area contributed by atoms with Gasteiger partial charge in [0.05, 0.1) is 34.8 Å². The van der Waals surface area contributed by atoms with E-state index in [9.17, 15) is 38.0 Å². The van der Waals surface area contributed by atoms with Gasteiger partial charge in [-0.3, -0.25) is 19.9 Å². The first kappa shape index (κ1) is 27.9. The number of alkyl halides is 3. The number of hydrogen-bond donors (Lipinski definition) is 1. The summed E-state index contributed by atoms with van der Waals surface area (Å²) < 4.78 is 45.7. The smallest absolute Gasteiger partial charge is 0.471 e. The number of likely N-dealkylation sites (tertiary alicyclic amines) is 1. The van der Waals surface area contributed by atoms with Gasteiger partial charge in [-0.15, -0.1) is 0 Å². The molecule has 0 bridgehead atoms. The molecule has 1 fully saturated rings. The Balaban J connectivity index is 1.43. The SMILES string of the molecule is O=C(OCc1ccccc1)N1CCN=C(c2c(O)n(C3CCN(C(=O)C(F)(F)F)CC3)c3ccc([N+](=O)[O-])cc23)C1. The number of nitro benzene ring substituents is 1. The number of halogens is 3. The number of carbonyl (C=O) groups is 2. The van der Waals surface area contributed by atoms with Crippen molar-refractivity contribution in [2.75, 3.05) is 32.7 Å². The van der Waals surface area contributed by atoms with Gasteiger partial charge >= 0.3 is 18.2 Å². The Hall–Kier alpha value is -4.62. The van der Waals surface area contributed by atoms with Crippen LogP contribution in [0.2, 0.25) is 0 Å². The quantitative estimate of drug-likeness (QED) is 0.355. The van der Waals surface area contributed by atoms with Crippen molar-refractivity contribution in [3.05, 3.63) is 69.8 Å². The van der Waals surface area contributed by atoms with Crippen LogP contribution in [0.4, 0.5) is 23.7 Å². The van der Waals surface area contributed by atoms with Gasteiger partial charge in [-0.05, 0) is 24.5 Å². The number of carbonyl (C=O) groups excluding carboxylic acids is 2. The molecular formula is C27H26F3N5O6. The van der Waals surface area contributed by atoms with Crippen LogP contribution in [0.25, 0.3) is 10.9 Å².